The van der Waals surface area contributed by atoms with Gasteiger partial charge in [0.25, 0.3) is 5.91 Å². The molecular formula is C20H24N8O2S. The molecule has 0 radical (unpaired) electrons. The summed E-state index contributed by atoms with van der Waals surface area (Å²) in [6.07, 6.45) is 6.69. The summed E-state index contributed by atoms with van der Waals surface area (Å²) in [5, 5.41) is 7.55. The van der Waals surface area contributed by atoms with Gasteiger partial charge in [0.2, 0.25) is 5.91 Å². The lowest BCUT2D eigenvalue weighted by molar-refractivity contribution is -0.120. The van der Waals surface area contributed by atoms with E-state index in [9.17, 15) is 9.59 Å². The van der Waals surface area contributed by atoms with Crippen molar-refractivity contribution in [3.63, 3.8) is 0 Å². The highest BCUT2D eigenvalue weighted by Gasteiger charge is 2.28. The molecule has 1 atom stereocenters. The van der Waals surface area contributed by atoms with Crippen LogP contribution < -0.4 is 10.2 Å². The van der Waals surface area contributed by atoms with Gasteiger partial charge >= 0.3 is 0 Å². The van der Waals surface area contributed by atoms with E-state index in [0.717, 1.165) is 25.2 Å². The van der Waals surface area contributed by atoms with Crippen molar-refractivity contribution < 1.29 is 9.59 Å². The zero-order chi connectivity index (χ0) is 22.0. The van der Waals surface area contributed by atoms with Crippen LogP contribution >= 0.6 is 11.3 Å². The molecular weight excluding hydrogens is 416 g/mol. The van der Waals surface area contributed by atoms with Crippen LogP contribution in [0.25, 0.3) is 5.82 Å². The van der Waals surface area contributed by atoms with Gasteiger partial charge in [0.1, 0.15) is 17.0 Å². The number of aromatic nitrogens is 5. The normalized spacial score (nSPS) is 16.2. The van der Waals surface area contributed by atoms with E-state index in [1.54, 1.807) is 31.9 Å². The number of hydrogen-bond donors (Lipinski definition) is 1. The highest BCUT2D eigenvalue weighted by molar-refractivity contribution is 7.17. The Bertz CT molecular complexity index is 1080. The van der Waals surface area contributed by atoms with Gasteiger partial charge in [-0.05, 0) is 25.8 Å². The molecule has 31 heavy (non-hydrogen) atoms. The fourth-order valence-electron chi connectivity index (χ4n) is 3.50. The topological polar surface area (TPSA) is 109 Å². The van der Waals surface area contributed by atoms with Crippen molar-refractivity contribution in [1.82, 2.24) is 29.6 Å². The van der Waals surface area contributed by atoms with E-state index in [2.05, 4.69) is 30.3 Å². The van der Waals surface area contributed by atoms with Gasteiger partial charge in [0.15, 0.2) is 10.9 Å². The number of aryl methyl sites for hydroxylation is 1. The molecule has 1 aliphatic heterocycles. The van der Waals surface area contributed by atoms with Gasteiger partial charge in [-0.15, -0.1) is 0 Å². The van der Waals surface area contributed by atoms with E-state index in [1.807, 2.05) is 18.3 Å². The van der Waals surface area contributed by atoms with E-state index in [1.165, 1.54) is 22.6 Å². The van der Waals surface area contributed by atoms with Gasteiger partial charge in [0, 0.05) is 45.6 Å². The lowest BCUT2D eigenvalue weighted by atomic mass is 9.97. The van der Waals surface area contributed by atoms with Gasteiger partial charge in [-0.25, -0.2) is 19.6 Å². The second-order valence-electron chi connectivity index (χ2n) is 7.59. The van der Waals surface area contributed by atoms with Crippen LogP contribution in [0.3, 0.4) is 0 Å². The molecule has 1 aliphatic rings. The zero-order valence-electron chi connectivity index (χ0n) is 17.6. The number of anilines is 2. The Balaban J connectivity index is 1.44. The minimum atomic E-state index is -0.200. The number of nitrogens with one attached hydrogen (secondary N) is 1. The molecule has 10 nitrogen and oxygen atoms in total. The molecule has 2 amide bonds. The van der Waals surface area contributed by atoms with Crippen LogP contribution in [0.4, 0.5) is 10.9 Å². The Kier molecular flexibility index (Phi) is 5.94. The van der Waals surface area contributed by atoms with E-state index >= 15 is 0 Å². The molecule has 1 N–H and O–H groups in total. The SMILES string of the molecule is Cc1nc(NC(=O)C2CCCN(c3cc(-n4cccn4)ncn3)C2)sc1C(=O)N(C)C. The highest BCUT2D eigenvalue weighted by atomic mass is 32.1. The molecule has 3 aromatic rings. The van der Waals surface area contributed by atoms with Crippen molar-refractivity contribution in [1.29, 1.82) is 0 Å². The maximum Gasteiger partial charge on any atom is 0.265 e. The van der Waals surface area contributed by atoms with Crippen LogP contribution in [0.2, 0.25) is 0 Å². The molecule has 0 bridgehead atoms. The van der Waals surface area contributed by atoms with Crippen molar-refractivity contribution in [2.45, 2.75) is 19.8 Å². The minimum Gasteiger partial charge on any atom is -0.356 e. The van der Waals surface area contributed by atoms with E-state index < -0.39 is 0 Å². The summed E-state index contributed by atoms with van der Waals surface area (Å²) in [5.41, 5.74) is 0.622. The summed E-state index contributed by atoms with van der Waals surface area (Å²) in [5.74, 6) is 1.04. The number of hydrogen-bond acceptors (Lipinski definition) is 8. The van der Waals surface area contributed by atoms with Crippen LogP contribution in [-0.4, -0.2) is 68.6 Å². The molecule has 3 aromatic heterocycles. The molecule has 4 heterocycles. The van der Waals surface area contributed by atoms with E-state index in [4.69, 9.17) is 0 Å². The fourth-order valence-corrected chi connectivity index (χ4v) is 4.49. The summed E-state index contributed by atoms with van der Waals surface area (Å²) in [6, 6.07) is 3.71. The highest BCUT2D eigenvalue weighted by Crippen LogP contribution is 2.27. The second-order valence-corrected chi connectivity index (χ2v) is 8.59. The quantitative estimate of drug-likeness (QED) is 0.646. The Labute approximate surface area is 183 Å². The second kappa shape index (κ2) is 8.80. The summed E-state index contributed by atoms with van der Waals surface area (Å²) in [7, 11) is 3.39. The molecule has 0 spiro atoms. The first kappa shape index (κ1) is 20.9. The third-order valence-corrected chi connectivity index (χ3v) is 6.18. The zero-order valence-corrected chi connectivity index (χ0v) is 18.5. The Morgan fingerprint density at radius 2 is 2.06 bits per heavy atom. The fraction of sp³-hybridized carbons (Fsp3) is 0.400. The monoisotopic (exact) mass is 440 g/mol. The Morgan fingerprint density at radius 1 is 1.26 bits per heavy atom. The summed E-state index contributed by atoms with van der Waals surface area (Å²) in [4.78, 5) is 42.3. The van der Waals surface area contributed by atoms with Crippen molar-refractivity contribution in [3.8, 4) is 5.82 Å². The number of nitrogens with zero attached hydrogens (tertiary/aromatic N) is 7. The van der Waals surface area contributed by atoms with Gasteiger partial charge in [-0.3, -0.25) is 9.59 Å². The number of carbonyl (C=O) groups is 2. The van der Waals surface area contributed by atoms with Crippen molar-refractivity contribution in [3.05, 3.63) is 41.4 Å². The van der Waals surface area contributed by atoms with E-state index in [-0.39, 0.29) is 17.7 Å². The third-order valence-electron chi connectivity index (χ3n) is 5.12. The van der Waals surface area contributed by atoms with Crippen LogP contribution in [0.5, 0.6) is 0 Å². The third kappa shape index (κ3) is 4.55. The number of piperidine rings is 1. The largest absolute Gasteiger partial charge is 0.356 e. The Morgan fingerprint density at radius 3 is 2.81 bits per heavy atom. The van der Waals surface area contributed by atoms with Crippen LogP contribution in [0, 0.1) is 12.8 Å². The lowest BCUT2D eigenvalue weighted by Gasteiger charge is -2.32. The summed E-state index contributed by atoms with van der Waals surface area (Å²) >= 11 is 1.21. The molecule has 1 unspecified atom stereocenters. The van der Waals surface area contributed by atoms with Crippen molar-refractivity contribution in [2.75, 3.05) is 37.4 Å². The van der Waals surface area contributed by atoms with Gasteiger partial charge in [-0.1, -0.05) is 11.3 Å². The summed E-state index contributed by atoms with van der Waals surface area (Å²) < 4.78 is 1.68. The summed E-state index contributed by atoms with van der Waals surface area (Å²) in [6.45, 7) is 3.14. The van der Waals surface area contributed by atoms with Crippen LogP contribution in [0.15, 0.2) is 30.9 Å². The van der Waals surface area contributed by atoms with Crippen LogP contribution in [-0.2, 0) is 4.79 Å². The standard InChI is InChI=1S/C20H24N8O2S/c1-13-17(19(30)26(2)3)31-20(24-13)25-18(29)14-6-4-8-27(11-14)15-10-16(22-12-21-15)28-9-5-7-23-28/h5,7,9-10,12,14H,4,6,8,11H2,1-3H3,(H,24,25,29). The Hall–Kier alpha value is -3.34. The van der Waals surface area contributed by atoms with Crippen molar-refractivity contribution >= 4 is 34.1 Å². The maximum absolute atomic E-state index is 12.9. The number of rotatable bonds is 5. The average Bonchev–Trinajstić information content (AvgIpc) is 3.43. The first-order valence-electron chi connectivity index (χ1n) is 9.99. The van der Waals surface area contributed by atoms with Crippen LogP contribution in [0.1, 0.15) is 28.2 Å². The molecule has 0 saturated carbocycles. The first-order chi connectivity index (χ1) is 14.9. The smallest absolute Gasteiger partial charge is 0.265 e. The predicted molar refractivity (Wildman–Crippen MR) is 118 cm³/mol. The molecule has 0 aliphatic carbocycles. The molecule has 1 fully saturated rings. The minimum absolute atomic E-state index is 0.0938. The molecule has 1 saturated heterocycles. The first-order valence-corrected chi connectivity index (χ1v) is 10.8. The maximum atomic E-state index is 12.9. The average molecular weight is 441 g/mol. The predicted octanol–water partition coefficient (Wildman–Crippen LogP) is 1.98. The van der Waals surface area contributed by atoms with Crippen molar-refractivity contribution in [2.24, 2.45) is 5.92 Å². The van der Waals surface area contributed by atoms with Gasteiger partial charge in [-0.2, -0.15) is 5.10 Å². The van der Waals surface area contributed by atoms with E-state index in [0.29, 0.717) is 28.1 Å². The van der Waals surface area contributed by atoms with Gasteiger partial charge < -0.3 is 15.1 Å². The lowest BCUT2D eigenvalue weighted by Crippen LogP contribution is -2.41. The number of thiazole rings is 1. The number of carbonyl (C=O) groups excluding carboxylic acids is 2. The molecule has 0 aromatic carbocycles. The molecule has 4 rings (SSSR count). The number of amides is 2. The van der Waals surface area contributed by atoms with Gasteiger partial charge in [0.05, 0.1) is 11.6 Å². The molecule has 162 valence electrons. The molecule has 11 heteroatoms.